The van der Waals surface area contributed by atoms with Crippen molar-refractivity contribution < 1.29 is 9.26 Å². The molecular weight excluding hydrogens is 370 g/mol. The smallest absolute Gasteiger partial charge is 0.229 e. The number of aromatic nitrogens is 6. The van der Waals surface area contributed by atoms with Crippen molar-refractivity contribution in [2.24, 2.45) is 0 Å². The molecule has 29 heavy (non-hydrogen) atoms. The maximum absolute atomic E-state index is 5.45. The van der Waals surface area contributed by atoms with Crippen LogP contribution in [0.3, 0.4) is 0 Å². The summed E-state index contributed by atoms with van der Waals surface area (Å²) in [5.74, 6) is 2.64. The first-order chi connectivity index (χ1) is 14.2. The fourth-order valence-corrected chi connectivity index (χ4v) is 3.44. The van der Waals surface area contributed by atoms with Gasteiger partial charge < -0.3 is 14.2 Å². The van der Waals surface area contributed by atoms with Crippen LogP contribution in [-0.4, -0.2) is 44.1 Å². The molecule has 0 radical (unpaired) electrons. The van der Waals surface area contributed by atoms with E-state index in [9.17, 15) is 0 Å². The molecule has 1 aliphatic rings. The van der Waals surface area contributed by atoms with Gasteiger partial charge in [-0.05, 0) is 43.2 Å². The molecule has 148 valence electrons. The summed E-state index contributed by atoms with van der Waals surface area (Å²) in [7, 11) is 3.62. The van der Waals surface area contributed by atoms with Gasteiger partial charge in [0.15, 0.2) is 5.82 Å². The molecule has 1 fully saturated rings. The van der Waals surface area contributed by atoms with Crippen LogP contribution in [0.2, 0.25) is 0 Å². The number of nitrogens with zero attached hydrogens (tertiary/aromatic N) is 7. The van der Waals surface area contributed by atoms with Crippen LogP contribution in [0.4, 0.5) is 5.69 Å². The molecule has 9 nitrogen and oxygen atoms in total. The van der Waals surface area contributed by atoms with Gasteiger partial charge in [0.2, 0.25) is 11.5 Å². The zero-order chi connectivity index (χ0) is 19.8. The van der Waals surface area contributed by atoms with E-state index in [-0.39, 0.29) is 0 Å². The predicted molar refractivity (Wildman–Crippen MR) is 106 cm³/mol. The van der Waals surface area contributed by atoms with Gasteiger partial charge in [0.25, 0.3) is 0 Å². The molecular formula is C20H21N7O2. The molecule has 3 aromatic heterocycles. The van der Waals surface area contributed by atoms with E-state index in [4.69, 9.17) is 9.26 Å². The second-order valence-electron chi connectivity index (χ2n) is 7.28. The molecule has 0 unspecified atom stereocenters. The van der Waals surface area contributed by atoms with E-state index in [1.807, 2.05) is 42.3 Å². The van der Waals surface area contributed by atoms with E-state index in [2.05, 4.69) is 25.4 Å². The number of hydrogen-bond donors (Lipinski definition) is 0. The van der Waals surface area contributed by atoms with E-state index in [0.29, 0.717) is 23.9 Å². The highest BCUT2D eigenvalue weighted by Gasteiger charge is 2.25. The third kappa shape index (κ3) is 3.28. The molecule has 0 bridgehead atoms. The normalized spacial score (nSPS) is 14.1. The summed E-state index contributed by atoms with van der Waals surface area (Å²) in [4.78, 5) is 6.61. The van der Waals surface area contributed by atoms with Crippen LogP contribution in [0.15, 0.2) is 41.2 Å². The maximum Gasteiger partial charge on any atom is 0.229 e. The Labute approximate surface area is 167 Å². The predicted octanol–water partition coefficient (Wildman–Crippen LogP) is 3.09. The second-order valence-corrected chi connectivity index (χ2v) is 7.28. The second kappa shape index (κ2) is 7.16. The number of benzene rings is 1. The first-order valence-electron chi connectivity index (χ1n) is 9.60. The Morgan fingerprint density at radius 3 is 2.79 bits per heavy atom. The highest BCUT2D eigenvalue weighted by molar-refractivity contribution is 5.74. The molecule has 0 N–H and O–H groups in total. The lowest BCUT2D eigenvalue weighted by molar-refractivity contribution is 0.291. The maximum atomic E-state index is 5.45. The number of rotatable bonds is 6. The summed E-state index contributed by atoms with van der Waals surface area (Å²) in [6.07, 6.45) is 5.10. The van der Waals surface area contributed by atoms with Crippen molar-refractivity contribution >= 4 is 11.3 Å². The largest absolute Gasteiger partial charge is 0.497 e. The monoisotopic (exact) mass is 391 g/mol. The topological polar surface area (TPSA) is 94.5 Å². The van der Waals surface area contributed by atoms with Crippen LogP contribution in [0.5, 0.6) is 5.75 Å². The summed E-state index contributed by atoms with van der Waals surface area (Å²) < 4.78 is 12.4. The molecule has 0 atom stereocenters. The molecule has 0 spiro atoms. The van der Waals surface area contributed by atoms with Gasteiger partial charge in [-0.25, -0.2) is 0 Å². The summed E-state index contributed by atoms with van der Waals surface area (Å²) in [5.41, 5.74) is 3.35. The third-order valence-corrected chi connectivity index (χ3v) is 5.36. The fraction of sp³-hybridized carbons (Fsp3) is 0.350. The molecule has 3 heterocycles. The van der Waals surface area contributed by atoms with E-state index in [1.165, 1.54) is 6.42 Å². The van der Waals surface area contributed by atoms with E-state index in [1.54, 1.807) is 18.0 Å². The van der Waals surface area contributed by atoms with Crippen molar-refractivity contribution in [1.82, 2.24) is 30.0 Å². The lowest BCUT2D eigenvalue weighted by Gasteiger charge is -2.20. The van der Waals surface area contributed by atoms with Crippen molar-refractivity contribution in [1.29, 1.82) is 0 Å². The van der Waals surface area contributed by atoms with Crippen LogP contribution in [0, 0.1) is 0 Å². The third-order valence-electron chi connectivity index (χ3n) is 5.36. The van der Waals surface area contributed by atoms with Crippen molar-refractivity contribution in [3.8, 4) is 17.0 Å². The number of fused-ring (bicyclic) bond motifs is 1. The first kappa shape index (κ1) is 17.6. The number of hydrogen-bond acceptors (Lipinski definition) is 8. The highest BCUT2D eigenvalue weighted by atomic mass is 16.5. The lowest BCUT2D eigenvalue weighted by atomic mass is 9.85. The first-order valence-corrected chi connectivity index (χ1v) is 9.60. The van der Waals surface area contributed by atoms with Gasteiger partial charge >= 0.3 is 0 Å². The van der Waals surface area contributed by atoms with Gasteiger partial charge in [-0.3, -0.25) is 0 Å². The molecule has 0 saturated heterocycles. The van der Waals surface area contributed by atoms with Crippen LogP contribution in [0.25, 0.3) is 16.9 Å². The Balaban J connectivity index is 1.46. The fourth-order valence-electron chi connectivity index (χ4n) is 3.44. The van der Waals surface area contributed by atoms with Gasteiger partial charge in [0.05, 0.1) is 25.0 Å². The Morgan fingerprint density at radius 2 is 2.07 bits per heavy atom. The SMILES string of the molecule is COc1ccc(-c2cc(N(C)Cc3noc(C4CCC4)n3)c3nncn3n2)cc1. The number of ether oxygens (including phenoxy) is 1. The van der Waals surface area contributed by atoms with Crippen LogP contribution in [0.1, 0.15) is 36.9 Å². The summed E-state index contributed by atoms with van der Waals surface area (Å²) in [6, 6.07) is 9.78. The van der Waals surface area contributed by atoms with Crippen molar-refractivity contribution in [2.45, 2.75) is 31.7 Å². The van der Waals surface area contributed by atoms with Crippen LogP contribution >= 0.6 is 0 Å². The van der Waals surface area contributed by atoms with Crippen molar-refractivity contribution in [3.63, 3.8) is 0 Å². The van der Waals surface area contributed by atoms with Crippen molar-refractivity contribution in [2.75, 3.05) is 19.1 Å². The molecule has 4 aromatic rings. The lowest BCUT2D eigenvalue weighted by Crippen LogP contribution is -2.19. The molecule has 1 saturated carbocycles. The average molecular weight is 391 g/mol. The summed E-state index contributed by atoms with van der Waals surface area (Å²) in [5, 5.41) is 17.0. The van der Waals surface area contributed by atoms with Crippen LogP contribution < -0.4 is 9.64 Å². The van der Waals surface area contributed by atoms with Crippen molar-refractivity contribution in [3.05, 3.63) is 48.4 Å². The zero-order valence-corrected chi connectivity index (χ0v) is 16.3. The van der Waals surface area contributed by atoms with Gasteiger partial charge in [-0.1, -0.05) is 11.6 Å². The molecule has 5 rings (SSSR count). The Morgan fingerprint density at radius 1 is 1.24 bits per heavy atom. The molecule has 9 heteroatoms. The number of methoxy groups -OCH3 is 1. The van der Waals surface area contributed by atoms with Gasteiger partial charge in [0, 0.05) is 18.5 Å². The Bertz CT molecular complexity index is 1130. The Hall–Kier alpha value is -3.49. The highest BCUT2D eigenvalue weighted by Crippen LogP contribution is 2.35. The van der Waals surface area contributed by atoms with E-state index in [0.717, 1.165) is 41.4 Å². The van der Waals surface area contributed by atoms with Gasteiger partial charge in [0.1, 0.15) is 12.1 Å². The molecule has 1 aromatic carbocycles. The Kier molecular flexibility index (Phi) is 4.34. The molecule has 0 aliphatic heterocycles. The average Bonchev–Trinajstić information content (AvgIpc) is 3.35. The van der Waals surface area contributed by atoms with E-state index < -0.39 is 0 Å². The summed E-state index contributed by atoms with van der Waals surface area (Å²) in [6.45, 7) is 0.505. The molecule has 1 aliphatic carbocycles. The van der Waals surface area contributed by atoms with Crippen LogP contribution in [-0.2, 0) is 6.54 Å². The van der Waals surface area contributed by atoms with Gasteiger partial charge in [-0.15, -0.1) is 10.2 Å². The minimum atomic E-state index is 0.423. The minimum absolute atomic E-state index is 0.423. The molecule has 0 amide bonds. The van der Waals surface area contributed by atoms with E-state index >= 15 is 0 Å². The minimum Gasteiger partial charge on any atom is -0.497 e. The number of anilines is 1. The zero-order valence-electron chi connectivity index (χ0n) is 16.3. The standard InChI is InChI=1S/C20H21N7O2/c1-26(11-18-22-20(29-25-18)14-4-3-5-14)17-10-16(24-27-12-21-23-19(17)27)13-6-8-15(28-2)9-7-13/h6-10,12,14H,3-5,11H2,1-2H3. The quantitative estimate of drug-likeness (QED) is 0.495. The van der Waals surface area contributed by atoms with Gasteiger partial charge in [-0.2, -0.15) is 14.6 Å². The summed E-state index contributed by atoms with van der Waals surface area (Å²) >= 11 is 0.